The number of nitrogens with one attached hydrogen (secondary N) is 1. The monoisotopic (exact) mass is 470 g/mol. The average Bonchev–Trinajstić information content (AvgIpc) is 2.84. The molecule has 2 N–H and O–H groups in total. The maximum Gasteiger partial charge on any atom is 0.332 e. The summed E-state index contributed by atoms with van der Waals surface area (Å²) in [5.41, 5.74) is 1.90. The summed E-state index contributed by atoms with van der Waals surface area (Å²) in [6.45, 7) is 7.84. The van der Waals surface area contributed by atoms with E-state index in [1.165, 1.54) is 21.4 Å². The van der Waals surface area contributed by atoms with Gasteiger partial charge in [-0.1, -0.05) is 36.4 Å². The van der Waals surface area contributed by atoms with Crippen LogP contribution in [0.2, 0.25) is 0 Å². The van der Waals surface area contributed by atoms with Gasteiger partial charge in [-0.3, -0.25) is 13.9 Å². The van der Waals surface area contributed by atoms with Gasteiger partial charge in [0.25, 0.3) is 5.56 Å². The van der Waals surface area contributed by atoms with Crippen molar-refractivity contribution in [2.45, 2.75) is 26.9 Å². The molecule has 2 heterocycles. The fraction of sp³-hybridized carbons (Fsp3) is 0.148. The third-order valence-electron chi connectivity index (χ3n) is 5.47. The number of rotatable bonds is 8. The van der Waals surface area contributed by atoms with Crippen LogP contribution in [0.15, 0.2) is 89.1 Å². The number of hydrogen-bond donors (Lipinski definition) is 2. The van der Waals surface area contributed by atoms with Gasteiger partial charge in [0, 0.05) is 18.2 Å². The van der Waals surface area contributed by atoms with Crippen LogP contribution >= 0.6 is 0 Å². The van der Waals surface area contributed by atoms with E-state index in [2.05, 4.69) is 16.9 Å². The average molecular weight is 471 g/mol. The predicted molar refractivity (Wildman–Crippen MR) is 137 cm³/mol. The molecule has 0 unspecified atom stereocenters. The number of aryl methyl sites for hydroxylation is 1. The maximum absolute atomic E-state index is 13.1. The molecule has 0 atom stereocenters. The van der Waals surface area contributed by atoms with Gasteiger partial charge in [0.15, 0.2) is 0 Å². The quantitative estimate of drug-likeness (QED) is 0.358. The van der Waals surface area contributed by atoms with Crippen LogP contribution in [0, 0.1) is 6.92 Å². The van der Waals surface area contributed by atoms with Crippen molar-refractivity contribution in [1.82, 2.24) is 14.1 Å². The number of aromatic nitrogens is 3. The van der Waals surface area contributed by atoms with E-state index in [1.807, 2.05) is 31.2 Å². The molecule has 0 spiro atoms. The Morgan fingerprint density at radius 3 is 2.29 bits per heavy atom. The Kier molecular flexibility index (Phi) is 6.82. The number of aliphatic hydroxyl groups excluding tert-OH is 1. The molecule has 0 amide bonds. The third-order valence-corrected chi connectivity index (χ3v) is 5.47. The molecule has 0 aliphatic carbocycles. The van der Waals surface area contributed by atoms with E-state index in [0.29, 0.717) is 35.2 Å². The van der Waals surface area contributed by atoms with Crippen LogP contribution in [-0.4, -0.2) is 19.2 Å². The van der Waals surface area contributed by atoms with Crippen LogP contribution in [0.25, 0.3) is 5.76 Å². The van der Waals surface area contributed by atoms with Crippen molar-refractivity contribution in [3.8, 4) is 11.5 Å². The molecule has 0 saturated heterocycles. The van der Waals surface area contributed by atoms with Gasteiger partial charge in [-0.2, -0.15) is 0 Å². The standard InChI is InChI=1S/C27H26N4O4/c1-4-30-26(33)15-25(31(27(30)34)17-20-7-5-18(2)6-8-20)29-24-14-13-23(16-28-24)35-22-11-9-21(10-12-22)19(3)32/h5-16,32H,3-4,17H2,1-2H3,(H,28,29). The van der Waals surface area contributed by atoms with E-state index in [0.717, 1.165) is 11.1 Å². The Morgan fingerprint density at radius 2 is 1.69 bits per heavy atom. The van der Waals surface area contributed by atoms with Crippen molar-refractivity contribution in [3.05, 3.63) is 117 Å². The van der Waals surface area contributed by atoms with Crippen LogP contribution in [0.4, 0.5) is 11.6 Å². The van der Waals surface area contributed by atoms with Crippen LogP contribution in [0.1, 0.15) is 23.6 Å². The van der Waals surface area contributed by atoms with E-state index in [4.69, 9.17) is 4.74 Å². The zero-order valence-electron chi connectivity index (χ0n) is 19.6. The van der Waals surface area contributed by atoms with E-state index >= 15 is 0 Å². The predicted octanol–water partition coefficient (Wildman–Crippen LogP) is 4.85. The number of ether oxygens (including phenoxy) is 1. The van der Waals surface area contributed by atoms with E-state index < -0.39 is 5.69 Å². The molecular formula is C27H26N4O4. The second-order valence-electron chi connectivity index (χ2n) is 8.04. The fourth-order valence-electron chi connectivity index (χ4n) is 3.54. The summed E-state index contributed by atoms with van der Waals surface area (Å²) in [4.78, 5) is 29.9. The van der Waals surface area contributed by atoms with Gasteiger partial charge in [-0.15, -0.1) is 0 Å². The van der Waals surface area contributed by atoms with Crippen molar-refractivity contribution in [2.24, 2.45) is 0 Å². The normalized spacial score (nSPS) is 10.7. The molecule has 4 aromatic rings. The zero-order valence-corrected chi connectivity index (χ0v) is 19.6. The Bertz CT molecular complexity index is 1450. The number of pyridine rings is 1. The molecule has 2 aromatic carbocycles. The lowest BCUT2D eigenvalue weighted by molar-refractivity contribution is 0.480. The Hall–Kier alpha value is -4.59. The van der Waals surface area contributed by atoms with E-state index in [-0.39, 0.29) is 17.9 Å². The summed E-state index contributed by atoms with van der Waals surface area (Å²) in [6.07, 6.45) is 1.54. The van der Waals surface area contributed by atoms with Crippen LogP contribution in [-0.2, 0) is 13.1 Å². The minimum absolute atomic E-state index is 0.0129. The maximum atomic E-state index is 13.1. The summed E-state index contributed by atoms with van der Waals surface area (Å²) in [5, 5.41) is 12.5. The summed E-state index contributed by atoms with van der Waals surface area (Å²) in [5.74, 6) is 1.87. The number of anilines is 2. The number of aliphatic hydroxyl groups is 1. The van der Waals surface area contributed by atoms with Gasteiger partial charge in [0.2, 0.25) is 0 Å². The highest BCUT2D eigenvalue weighted by Gasteiger charge is 2.12. The largest absolute Gasteiger partial charge is 0.508 e. The first-order chi connectivity index (χ1) is 16.8. The van der Waals surface area contributed by atoms with Gasteiger partial charge in [0.1, 0.15) is 28.9 Å². The lowest BCUT2D eigenvalue weighted by atomic mass is 10.1. The Labute approximate surface area is 202 Å². The van der Waals surface area contributed by atoms with Gasteiger partial charge >= 0.3 is 5.69 Å². The number of benzene rings is 2. The fourth-order valence-corrected chi connectivity index (χ4v) is 3.54. The van der Waals surface area contributed by atoms with Gasteiger partial charge in [-0.25, -0.2) is 9.78 Å². The highest BCUT2D eigenvalue weighted by atomic mass is 16.5. The SMILES string of the molecule is C=C(O)c1ccc(Oc2ccc(Nc3cc(=O)n(CC)c(=O)n3Cc3ccc(C)cc3)nc2)cc1. The minimum atomic E-state index is -0.392. The molecule has 35 heavy (non-hydrogen) atoms. The molecule has 0 bridgehead atoms. The number of hydrogen-bond acceptors (Lipinski definition) is 6. The first-order valence-electron chi connectivity index (χ1n) is 11.1. The summed E-state index contributed by atoms with van der Waals surface area (Å²) in [7, 11) is 0. The van der Waals surface area contributed by atoms with E-state index in [1.54, 1.807) is 43.3 Å². The van der Waals surface area contributed by atoms with E-state index in [9.17, 15) is 14.7 Å². The molecule has 4 rings (SSSR count). The van der Waals surface area contributed by atoms with Gasteiger partial charge in [0.05, 0.1) is 12.7 Å². The second kappa shape index (κ2) is 10.1. The zero-order chi connectivity index (χ0) is 24.9. The van der Waals surface area contributed by atoms with Crippen LogP contribution in [0.3, 0.4) is 0 Å². The Morgan fingerprint density at radius 1 is 1.00 bits per heavy atom. The van der Waals surface area contributed by atoms with Crippen molar-refractivity contribution >= 4 is 17.4 Å². The summed E-state index contributed by atoms with van der Waals surface area (Å²) in [6, 6.07) is 19.6. The molecule has 8 nitrogen and oxygen atoms in total. The molecule has 0 fully saturated rings. The van der Waals surface area contributed by atoms with Gasteiger partial charge < -0.3 is 15.2 Å². The van der Waals surface area contributed by atoms with Crippen molar-refractivity contribution in [3.63, 3.8) is 0 Å². The molecule has 178 valence electrons. The third kappa shape index (κ3) is 5.50. The first kappa shape index (κ1) is 23.6. The van der Waals surface area contributed by atoms with Crippen LogP contribution < -0.4 is 21.3 Å². The lowest BCUT2D eigenvalue weighted by Crippen LogP contribution is -2.40. The molecule has 0 aliphatic heterocycles. The molecule has 0 aliphatic rings. The topological polar surface area (TPSA) is 98.4 Å². The molecule has 2 aromatic heterocycles. The second-order valence-corrected chi connectivity index (χ2v) is 8.04. The molecule has 0 radical (unpaired) electrons. The van der Waals surface area contributed by atoms with Crippen molar-refractivity contribution < 1.29 is 9.84 Å². The van der Waals surface area contributed by atoms with Crippen LogP contribution in [0.5, 0.6) is 11.5 Å². The number of nitrogens with zero attached hydrogens (tertiary/aromatic N) is 3. The lowest BCUT2D eigenvalue weighted by Gasteiger charge is -2.16. The molecule has 8 heteroatoms. The summed E-state index contributed by atoms with van der Waals surface area (Å²) < 4.78 is 8.51. The smallest absolute Gasteiger partial charge is 0.332 e. The first-order valence-corrected chi connectivity index (χ1v) is 11.1. The highest BCUT2D eigenvalue weighted by molar-refractivity contribution is 5.57. The van der Waals surface area contributed by atoms with Gasteiger partial charge in [-0.05, 0) is 55.8 Å². The minimum Gasteiger partial charge on any atom is -0.508 e. The highest BCUT2D eigenvalue weighted by Crippen LogP contribution is 2.24. The van der Waals surface area contributed by atoms with Crippen molar-refractivity contribution in [2.75, 3.05) is 5.32 Å². The van der Waals surface area contributed by atoms with Crippen molar-refractivity contribution in [1.29, 1.82) is 0 Å². The summed E-state index contributed by atoms with van der Waals surface area (Å²) >= 11 is 0. The Balaban J connectivity index is 1.58. The molecular weight excluding hydrogens is 444 g/mol. The molecule has 0 saturated carbocycles.